The van der Waals surface area contributed by atoms with Gasteiger partial charge in [0, 0.05) is 10.0 Å². The minimum atomic E-state index is -1.06. The molecular weight excluding hydrogens is 262 g/mol. The summed E-state index contributed by atoms with van der Waals surface area (Å²) in [6.07, 6.45) is 0. The lowest BCUT2D eigenvalue weighted by molar-refractivity contribution is -0.135. The predicted octanol–water partition coefficient (Wildman–Crippen LogP) is 1.57. The molecule has 0 unspecified atom stereocenters. The Balaban J connectivity index is 2.82. The van der Waals surface area contributed by atoms with Crippen molar-refractivity contribution in [3.8, 4) is 0 Å². The van der Waals surface area contributed by atoms with Gasteiger partial charge in [-0.25, -0.2) is 0 Å². The number of carboxylic acids is 1. The summed E-state index contributed by atoms with van der Waals surface area (Å²) in [4.78, 5) is 21.8. The second-order valence-electron chi connectivity index (χ2n) is 2.99. The molecule has 15 heavy (non-hydrogen) atoms. The molecule has 2 N–H and O–H groups in total. The van der Waals surface area contributed by atoms with Crippen molar-refractivity contribution in [2.45, 2.75) is 6.92 Å². The van der Waals surface area contributed by atoms with Gasteiger partial charge < -0.3 is 10.4 Å². The Morgan fingerprint density at radius 3 is 2.73 bits per heavy atom. The van der Waals surface area contributed by atoms with Crippen molar-refractivity contribution in [3.63, 3.8) is 0 Å². The maximum Gasteiger partial charge on any atom is 0.322 e. The van der Waals surface area contributed by atoms with Crippen molar-refractivity contribution in [2.24, 2.45) is 0 Å². The van der Waals surface area contributed by atoms with Crippen LogP contribution in [0, 0.1) is 6.92 Å². The first kappa shape index (κ1) is 11.7. The number of halogens is 1. The number of rotatable bonds is 3. The van der Waals surface area contributed by atoms with E-state index in [9.17, 15) is 9.59 Å². The highest BCUT2D eigenvalue weighted by molar-refractivity contribution is 9.10. The van der Waals surface area contributed by atoms with Gasteiger partial charge in [-0.05, 0) is 24.6 Å². The molecule has 0 aliphatic heterocycles. The van der Waals surface area contributed by atoms with Gasteiger partial charge in [0.25, 0.3) is 5.91 Å². The van der Waals surface area contributed by atoms with E-state index in [0.717, 1.165) is 10.0 Å². The zero-order valence-corrected chi connectivity index (χ0v) is 9.67. The van der Waals surface area contributed by atoms with E-state index in [0.29, 0.717) is 5.56 Å². The van der Waals surface area contributed by atoms with Gasteiger partial charge >= 0.3 is 5.97 Å². The summed E-state index contributed by atoms with van der Waals surface area (Å²) in [5, 5.41) is 10.7. The van der Waals surface area contributed by atoms with Crippen LogP contribution in [-0.4, -0.2) is 23.5 Å². The third-order valence-corrected chi connectivity index (χ3v) is 2.77. The van der Waals surface area contributed by atoms with Gasteiger partial charge in [-0.2, -0.15) is 0 Å². The molecule has 0 aliphatic carbocycles. The van der Waals surface area contributed by atoms with Crippen molar-refractivity contribution >= 4 is 27.8 Å². The Hall–Kier alpha value is -1.36. The number of benzene rings is 1. The van der Waals surface area contributed by atoms with Gasteiger partial charge in [0.05, 0.1) is 0 Å². The molecule has 0 saturated heterocycles. The molecule has 5 heteroatoms. The predicted molar refractivity (Wildman–Crippen MR) is 58.8 cm³/mol. The lowest BCUT2D eigenvalue weighted by atomic mass is 10.1. The SMILES string of the molecule is Cc1c(Br)cccc1C(=O)NCC(=O)O. The van der Waals surface area contributed by atoms with Crippen LogP contribution in [0.15, 0.2) is 22.7 Å². The number of carbonyl (C=O) groups excluding carboxylic acids is 1. The summed E-state index contributed by atoms with van der Waals surface area (Å²) in [7, 11) is 0. The van der Waals surface area contributed by atoms with E-state index in [1.807, 2.05) is 6.07 Å². The van der Waals surface area contributed by atoms with Gasteiger partial charge in [0.1, 0.15) is 6.54 Å². The molecular formula is C10H10BrNO3. The highest BCUT2D eigenvalue weighted by Gasteiger charge is 2.10. The fourth-order valence-corrected chi connectivity index (χ4v) is 1.47. The Morgan fingerprint density at radius 1 is 1.47 bits per heavy atom. The molecule has 0 heterocycles. The minimum Gasteiger partial charge on any atom is -0.480 e. The fraction of sp³-hybridized carbons (Fsp3) is 0.200. The standard InChI is InChI=1S/C10H10BrNO3/c1-6-7(3-2-4-8(6)11)10(15)12-5-9(13)14/h2-4H,5H2,1H3,(H,12,15)(H,13,14). The Morgan fingerprint density at radius 2 is 2.13 bits per heavy atom. The first-order chi connectivity index (χ1) is 7.02. The average molecular weight is 272 g/mol. The molecule has 4 nitrogen and oxygen atoms in total. The Kier molecular flexibility index (Phi) is 3.85. The molecule has 0 atom stereocenters. The van der Waals surface area contributed by atoms with E-state index in [4.69, 9.17) is 5.11 Å². The van der Waals surface area contributed by atoms with Crippen molar-refractivity contribution < 1.29 is 14.7 Å². The van der Waals surface area contributed by atoms with Crippen LogP contribution in [0.3, 0.4) is 0 Å². The van der Waals surface area contributed by atoms with Crippen LogP contribution in [-0.2, 0) is 4.79 Å². The summed E-state index contributed by atoms with van der Waals surface area (Å²) < 4.78 is 0.825. The zero-order valence-electron chi connectivity index (χ0n) is 8.08. The highest BCUT2D eigenvalue weighted by Crippen LogP contribution is 2.19. The van der Waals surface area contributed by atoms with E-state index < -0.39 is 5.97 Å². The maximum absolute atomic E-state index is 11.5. The van der Waals surface area contributed by atoms with Crippen LogP contribution in [0.1, 0.15) is 15.9 Å². The van der Waals surface area contributed by atoms with Gasteiger partial charge in [0.15, 0.2) is 0 Å². The van der Waals surface area contributed by atoms with E-state index >= 15 is 0 Å². The largest absolute Gasteiger partial charge is 0.480 e. The van der Waals surface area contributed by atoms with E-state index in [1.165, 1.54) is 0 Å². The third kappa shape index (κ3) is 3.06. The number of amides is 1. The molecule has 0 radical (unpaired) electrons. The molecule has 1 rings (SSSR count). The Labute approximate surface area is 95.4 Å². The molecule has 1 aromatic carbocycles. The van der Waals surface area contributed by atoms with Crippen LogP contribution >= 0.6 is 15.9 Å². The number of hydrogen-bond acceptors (Lipinski definition) is 2. The molecule has 0 fully saturated rings. The number of aliphatic carboxylic acids is 1. The molecule has 0 aromatic heterocycles. The van der Waals surface area contributed by atoms with Gasteiger partial charge in [-0.1, -0.05) is 22.0 Å². The molecule has 0 aliphatic rings. The van der Waals surface area contributed by atoms with Crippen molar-refractivity contribution in [1.29, 1.82) is 0 Å². The monoisotopic (exact) mass is 271 g/mol. The summed E-state index contributed by atoms with van der Waals surface area (Å²) in [6, 6.07) is 5.20. The van der Waals surface area contributed by atoms with E-state index in [1.54, 1.807) is 19.1 Å². The minimum absolute atomic E-state index is 0.370. The van der Waals surface area contributed by atoms with Crippen LogP contribution in [0.4, 0.5) is 0 Å². The first-order valence-corrected chi connectivity index (χ1v) is 5.06. The van der Waals surface area contributed by atoms with Crippen molar-refractivity contribution in [2.75, 3.05) is 6.54 Å². The number of nitrogens with one attached hydrogen (secondary N) is 1. The van der Waals surface area contributed by atoms with E-state index in [2.05, 4.69) is 21.2 Å². The smallest absolute Gasteiger partial charge is 0.322 e. The van der Waals surface area contributed by atoms with E-state index in [-0.39, 0.29) is 12.5 Å². The second-order valence-corrected chi connectivity index (χ2v) is 3.84. The van der Waals surface area contributed by atoms with Crippen LogP contribution in [0.2, 0.25) is 0 Å². The molecule has 1 aromatic rings. The van der Waals surface area contributed by atoms with Crippen molar-refractivity contribution in [3.05, 3.63) is 33.8 Å². The highest BCUT2D eigenvalue weighted by atomic mass is 79.9. The Bertz CT molecular complexity index is 404. The van der Waals surface area contributed by atoms with Crippen LogP contribution in [0.25, 0.3) is 0 Å². The van der Waals surface area contributed by atoms with Gasteiger partial charge in [0.2, 0.25) is 0 Å². The van der Waals surface area contributed by atoms with Gasteiger partial charge in [-0.3, -0.25) is 9.59 Å². The lowest BCUT2D eigenvalue weighted by Crippen LogP contribution is -2.29. The van der Waals surface area contributed by atoms with Crippen molar-refractivity contribution in [1.82, 2.24) is 5.32 Å². The molecule has 1 amide bonds. The summed E-state index contributed by atoms with van der Waals surface area (Å²) >= 11 is 3.30. The summed E-state index contributed by atoms with van der Waals surface area (Å²) in [5.74, 6) is -1.44. The number of carbonyl (C=O) groups is 2. The fourth-order valence-electron chi connectivity index (χ4n) is 1.10. The van der Waals surface area contributed by atoms with Crippen LogP contribution in [0.5, 0.6) is 0 Å². The zero-order chi connectivity index (χ0) is 11.4. The summed E-state index contributed by atoms with van der Waals surface area (Å²) in [5.41, 5.74) is 1.27. The normalized spacial score (nSPS) is 9.73. The number of hydrogen-bond donors (Lipinski definition) is 2. The molecule has 80 valence electrons. The average Bonchev–Trinajstić information content (AvgIpc) is 2.18. The first-order valence-electron chi connectivity index (χ1n) is 4.27. The van der Waals surface area contributed by atoms with Crippen LogP contribution < -0.4 is 5.32 Å². The molecule has 0 bridgehead atoms. The second kappa shape index (κ2) is 4.93. The maximum atomic E-state index is 11.5. The number of carboxylic acid groups (broad SMARTS) is 1. The summed E-state index contributed by atoms with van der Waals surface area (Å²) in [6.45, 7) is 1.42. The van der Waals surface area contributed by atoms with Gasteiger partial charge in [-0.15, -0.1) is 0 Å². The third-order valence-electron chi connectivity index (χ3n) is 1.91. The molecule has 0 saturated carbocycles. The molecule has 0 spiro atoms. The topological polar surface area (TPSA) is 66.4 Å². The quantitative estimate of drug-likeness (QED) is 0.877. The lowest BCUT2D eigenvalue weighted by Gasteiger charge is -2.06.